The third kappa shape index (κ3) is 3.07. The molecule has 4 heteroatoms. The standard InChI is InChI=1S/C13H11ClN2S/c14-11-5-2-1-4-10(11)9-16-12(8-15)13-6-3-7-17-13/h1-7,12,16H,9H2. The van der Waals surface area contributed by atoms with Gasteiger partial charge in [0.15, 0.2) is 0 Å². The van der Waals surface area contributed by atoms with Crippen molar-refractivity contribution in [3.8, 4) is 6.07 Å². The minimum absolute atomic E-state index is 0.272. The second-order valence-electron chi connectivity index (χ2n) is 3.55. The van der Waals surface area contributed by atoms with Gasteiger partial charge in [0.1, 0.15) is 6.04 Å². The maximum absolute atomic E-state index is 9.11. The molecule has 0 saturated carbocycles. The second-order valence-corrected chi connectivity index (χ2v) is 4.94. The average Bonchev–Trinajstić information content (AvgIpc) is 2.86. The van der Waals surface area contributed by atoms with Gasteiger partial charge < -0.3 is 0 Å². The summed E-state index contributed by atoms with van der Waals surface area (Å²) < 4.78 is 0. The van der Waals surface area contributed by atoms with Crippen molar-refractivity contribution in [2.24, 2.45) is 0 Å². The summed E-state index contributed by atoms with van der Waals surface area (Å²) in [6, 6.07) is 13.5. The highest BCUT2D eigenvalue weighted by molar-refractivity contribution is 7.10. The molecule has 17 heavy (non-hydrogen) atoms. The van der Waals surface area contributed by atoms with E-state index in [1.54, 1.807) is 11.3 Å². The Morgan fingerprint density at radius 3 is 2.76 bits per heavy atom. The molecule has 0 amide bonds. The monoisotopic (exact) mass is 262 g/mol. The fourth-order valence-electron chi connectivity index (χ4n) is 1.52. The summed E-state index contributed by atoms with van der Waals surface area (Å²) in [5.74, 6) is 0. The van der Waals surface area contributed by atoms with Gasteiger partial charge in [-0.15, -0.1) is 11.3 Å². The summed E-state index contributed by atoms with van der Waals surface area (Å²) in [4.78, 5) is 1.03. The summed E-state index contributed by atoms with van der Waals surface area (Å²) in [6.45, 7) is 0.593. The van der Waals surface area contributed by atoms with E-state index in [4.69, 9.17) is 16.9 Å². The summed E-state index contributed by atoms with van der Waals surface area (Å²) in [7, 11) is 0. The molecule has 0 aliphatic heterocycles. The molecule has 2 rings (SSSR count). The lowest BCUT2D eigenvalue weighted by atomic mass is 10.2. The van der Waals surface area contributed by atoms with E-state index in [9.17, 15) is 0 Å². The zero-order chi connectivity index (χ0) is 12.1. The van der Waals surface area contributed by atoms with Crippen molar-refractivity contribution in [3.05, 3.63) is 57.2 Å². The van der Waals surface area contributed by atoms with Crippen molar-refractivity contribution in [2.75, 3.05) is 0 Å². The molecule has 0 spiro atoms. The van der Waals surface area contributed by atoms with Gasteiger partial charge in [-0.05, 0) is 23.1 Å². The first-order valence-corrected chi connectivity index (χ1v) is 6.47. The Kier molecular flexibility index (Phi) is 4.16. The Hall–Kier alpha value is -1.34. The molecule has 1 unspecified atom stereocenters. The van der Waals surface area contributed by atoms with Crippen LogP contribution < -0.4 is 5.32 Å². The maximum Gasteiger partial charge on any atom is 0.130 e. The molecule has 2 aromatic rings. The van der Waals surface area contributed by atoms with Gasteiger partial charge in [0.05, 0.1) is 6.07 Å². The van der Waals surface area contributed by atoms with Gasteiger partial charge in [0.25, 0.3) is 0 Å². The lowest BCUT2D eigenvalue weighted by molar-refractivity contribution is 0.638. The number of thiophene rings is 1. The number of nitrogens with one attached hydrogen (secondary N) is 1. The normalized spacial score (nSPS) is 12.0. The van der Waals surface area contributed by atoms with E-state index in [-0.39, 0.29) is 6.04 Å². The molecule has 1 atom stereocenters. The van der Waals surface area contributed by atoms with Gasteiger partial charge in [-0.1, -0.05) is 35.9 Å². The fraction of sp³-hybridized carbons (Fsp3) is 0.154. The lowest BCUT2D eigenvalue weighted by Gasteiger charge is -2.10. The van der Waals surface area contributed by atoms with Gasteiger partial charge in [0.2, 0.25) is 0 Å². The molecule has 86 valence electrons. The molecule has 1 heterocycles. The van der Waals surface area contributed by atoms with Crippen LogP contribution in [0.15, 0.2) is 41.8 Å². The van der Waals surface area contributed by atoms with Crippen LogP contribution in [0.1, 0.15) is 16.5 Å². The number of benzene rings is 1. The number of halogens is 1. The van der Waals surface area contributed by atoms with E-state index in [1.807, 2.05) is 41.8 Å². The molecule has 1 N–H and O–H groups in total. The van der Waals surface area contributed by atoms with Crippen molar-refractivity contribution in [1.29, 1.82) is 5.26 Å². The topological polar surface area (TPSA) is 35.8 Å². The fourth-order valence-corrected chi connectivity index (χ4v) is 2.47. The zero-order valence-electron chi connectivity index (χ0n) is 9.06. The van der Waals surface area contributed by atoms with E-state index in [0.29, 0.717) is 6.54 Å². The maximum atomic E-state index is 9.11. The van der Waals surface area contributed by atoms with Gasteiger partial charge in [-0.3, -0.25) is 5.32 Å². The lowest BCUT2D eigenvalue weighted by Crippen LogP contribution is -2.18. The van der Waals surface area contributed by atoms with E-state index in [1.165, 1.54) is 0 Å². The molecule has 0 saturated heterocycles. The first-order chi connectivity index (χ1) is 8.31. The molecule has 1 aromatic carbocycles. The summed E-state index contributed by atoms with van der Waals surface area (Å²) in [5.41, 5.74) is 1.01. The third-order valence-corrected chi connectivity index (χ3v) is 3.72. The van der Waals surface area contributed by atoms with Gasteiger partial charge in [0, 0.05) is 16.4 Å². The molecule has 0 bridgehead atoms. The second kappa shape index (κ2) is 5.83. The molecular formula is C13H11ClN2S. The SMILES string of the molecule is N#CC(NCc1ccccc1Cl)c1cccs1. The van der Waals surface area contributed by atoms with Crippen LogP contribution in [0.4, 0.5) is 0 Å². The Bertz CT molecular complexity index is 516. The van der Waals surface area contributed by atoms with Crippen LogP contribution in [0.5, 0.6) is 0 Å². The Balaban J connectivity index is 2.03. The first kappa shape index (κ1) is 12.1. The zero-order valence-corrected chi connectivity index (χ0v) is 10.6. The van der Waals surface area contributed by atoms with Gasteiger partial charge in [-0.2, -0.15) is 5.26 Å². The van der Waals surface area contributed by atoms with Crippen molar-refractivity contribution in [3.63, 3.8) is 0 Å². The Labute approximate surface area is 109 Å². The first-order valence-electron chi connectivity index (χ1n) is 5.21. The van der Waals surface area contributed by atoms with Gasteiger partial charge >= 0.3 is 0 Å². The highest BCUT2D eigenvalue weighted by atomic mass is 35.5. The summed E-state index contributed by atoms with van der Waals surface area (Å²) in [6.07, 6.45) is 0. The molecule has 0 radical (unpaired) electrons. The Morgan fingerprint density at radius 2 is 2.12 bits per heavy atom. The van der Waals surface area contributed by atoms with Crippen LogP contribution in [-0.4, -0.2) is 0 Å². The average molecular weight is 263 g/mol. The Morgan fingerprint density at radius 1 is 1.29 bits per heavy atom. The number of hydrogen-bond donors (Lipinski definition) is 1. The van der Waals surface area contributed by atoms with Crippen LogP contribution in [0, 0.1) is 11.3 Å². The molecule has 0 aliphatic rings. The molecule has 1 aromatic heterocycles. The van der Waals surface area contributed by atoms with Crippen LogP contribution in [0.3, 0.4) is 0 Å². The van der Waals surface area contributed by atoms with E-state index >= 15 is 0 Å². The minimum Gasteiger partial charge on any atom is -0.293 e. The van der Waals surface area contributed by atoms with E-state index < -0.39 is 0 Å². The van der Waals surface area contributed by atoms with E-state index in [2.05, 4.69) is 11.4 Å². The molecular weight excluding hydrogens is 252 g/mol. The van der Waals surface area contributed by atoms with Crippen LogP contribution in [0.2, 0.25) is 5.02 Å². The smallest absolute Gasteiger partial charge is 0.130 e. The predicted molar refractivity (Wildman–Crippen MR) is 71.0 cm³/mol. The summed E-state index contributed by atoms with van der Waals surface area (Å²) >= 11 is 7.63. The highest BCUT2D eigenvalue weighted by Crippen LogP contribution is 2.20. The third-order valence-electron chi connectivity index (χ3n) is 2.41. The molecule has 0 fully saturated rings. The van der Waals surface area contributed by atoms with Crippen molar-refractivity contribution in [1.82, 2.24) is 5.32 Å². The number of nitriles is 1. The highest BCUT2D eigenvalue weighted by Gasteiger charge is 2.11. The number of nitrogens with zero attached hydrogens (tertiary/aromatic N) is 1. The predicted octanol–water partition coefficient (Wildman–Crippen LogP) is 3.76. The quantitative estimate of drug-likeness (QED) is 0.911. The van der Waals surface area contributed by atoms with Crippen molar-refractivity contribution >= 4 is 22.9 Å². The van der Waals surface area contributed by atoms with Crippen LogP contribution in [0.25, 0.3) is 0 Å². The van der Waals surface area contributed by atoms with Crippen molar-refractivity contribution < 1.29 is 0 Å². The van der Waals surface area contributed by atoms with E-state index in [0.717, 1.165) is 15.5 Å². The number of hydrogen-bond acceptors (Lipinski definition) is 3. The van der Waals surface area contributed by atoms with Gasteiger partial charge in [-0.25, -0.2) is 0 Å². The van der Waals surface area contributed by atoms with Crippen LogP contribution in [-0.2, 0) is 6.54 Å². The summed E-state index contributed by atoms with van der Waals surface area (Å²) in [5, 5.41) is 15.0. The molecule has 2 nitrogen and oxygen atoms in total. The van der Waals surface area contributed by atoms with Crippen molar-refractivity contribution in [2.45, 2.75) is 12.6 Å². The molecule has 0 aliphatic carbocycles. The number of rotatable bonds is 4. The minimum atomic E-state index is -0.272. The van der Waals surface area contributed by atoms with Crippen LogP contribution >= 0.6 is 22.9 Å². The largest absolute Gasteiger partial charge is 0.293 e.